The van der Waals surface area contributed by atoms with Crippen LogP contribution < -0.4 is 4.90 Å². The fraction of sp³-hybridized carbons (Fsp3) is 0.571. The van der Waals surface area contributed by atoms with Gasteiger partial charge in [0.15, 0.2) is 16.0 Å². The van der Waals surface area contributed by atoms with Crippen LogP contribution in [0.1, 0.15) is 38.3 Å². The Morgan fingerprint density at radius 3 is 2.77 bits per heavy atom. The molecule has 0 bridgehead atoms. The maximum atomic E-state index is 5.93. The Labute approximate surface area is 190 Å². The first-order chi connectivity index (χ1) is 15.3. The van der Waals surface area contributed by atoms with E-state index in [1.165, 1.54) is 12.8 Å². The van der Waals surface area contributed by atoms with Crippen LogP contribution in [0.4, 0.5) is 5.95 Å². The lowest BCUT2D eigenvalue weighted by atomic mass is 10.00. The summed E-state index contributed by atoms with van der Waals surface area (Å²) in [5.74, 6) is 3.19. The third-order valence-corrected chi connectivity index (χ3v) is 7.72. The van der Waals surface area contributed by atoms with E-state index >= 15 is 0 Å². The molecule has 0 aliphatic carbocycles. The van der Waals surface area contributed by atoms with Crippen LogP contribution in [0.25, 0.3) is 10.8 Å². The second kappa shape index (κ2) is 9.62. The zero-order chi connectivity index (χ0) is 21.0. The molecule has 0 saturated carbocycles. The monoisotopic (exact) mass is 457 g/mol. The molecule has 0 radical (unpaired) electrons. The first-order valence-corrected chi connectivity index (χ1v) is 12.8. The highest BCUT2D eigenvalue weighted by atomic mass is 32.2. The van der Waals surface area contributed by atoms with Crippen molar-refractivity contribution in [2.45, 2.75) is 56.2 Å². The molecule has 2 fully saturated rings. The second-order valence-corrected chi connectivity index (χ2v) is 10.0. The summed E-state index contributed by atoms with van der Waals surface area (Å²) in [6.45, 7) is 6.09. The lowest BCUT2D eigenvalue weighted by Gasteiger charge is -2.31. The van der Waals surface area contributed by atoms with Crippen LogP contribution in [0.5, 0.6) is 0 Å². The van der Waals surface area contributed by atoms with Gasteiger partial charge in [0, 0.05) is 43.2 Å². The zero-order valence-corrected chi connectivity index (χ0v) is 19.3. The van der Waals surface area contributed by atoms with Gasteiger partial charge in [-0.05, 0) is 37.7 Å². The lowest BCUT2D eigenvalue weighted by Crippen LogP contribution is -2.35. The number of hydrogen-bond donors (Lipinski definition) is 0. The number of anilines is 1. The molecule has 3 aromatic rings. The van der Waals surface area contributed by atoms with Gasteiger partial charge in [-0.2, -0.15) is 0 Å². The lowest BCUT2D eigenvalue weighted by molar-refractivity contribution is 0.0951. The SMILES string of the molecule is CC1CCN(c2nnc(SCc3csc(-c4ncccn4)n3)n2CC2CCCO2)CC1. The molecular weight excluding hydrogens is 430 g/mol. The Balaban J connectivity index is 1.31. The molecule has 0 amide bonds. The molecule has 0 spiro atoms. The molecule has 1 atom stereocenters. The standard InChI is InChI=1S/C21H27N7OS2/c1-15-5-9-27(10-6-15)20-25-26-21(28(20)12-17-4-2-11-29-17)31-14-16-13-30-19(24-16)18-22-7-3-8-23-18/h3,7-8,13,15,17H,2,4-6,9-12,14H2,1H3. The minimum atomic E-state index is 0.249. The van der Waals surface area contributed by atoms with Crippen LogP contribution in [0.3, 0.4) is 0 Å². The first-order valence-electron chi connectivity index (χ1n) is 10.9. The van der Waals surface area contributed by atoms with E-state index in [4.69, 9.17) is 9.72 Å². The van der Waals surface area contributed by atoms with Crippen molar-refractivity contribution in [3.8, 4) is 10.8 Å². The number of rotatable bonds is 7. The first kappa shape index (κ1) is 20.8. The number of thiazole rings is 1. The molecule has 5 heterocycles. The van der Waals surface area contributed by atoms with Crippen molar-refractivity contribution in [3.05, 3.63) is 29.5 Å². The van der Waals surface area contributed by atoms with E-state index in [9.17, 15) is 0 Å². The number of ether oxygens (including phenoxy) is 1. The van der Waals surface area contributed by atoms with Gasteiger partial charge in [0.2, 0.25) is 5.95 Å². The molecule has 8 nitrogen and oxygen atoms in total. The van der Waals surface area contributed by atoms with Crippen LogP contribution in [0.15, 0.2) is 29.0 Å². The molecule has 0 aromatic carbocycles. The van der Waals surface area contributed by atoms with E-state index in [0.29, 0.717) is 5.82 Å². The predicted molar refractivity (Wildman–Crippen MR) is 122 cm³/mol. The number of thioether (sulfide) groups is 1. The van der Waals surface area contributed by atoms with Crippen molar-refractivity contribution in [1.82, 2.24) is 29.7 Å². The predicted octanol–water partition coefficient (Wildman–Crippen LogP) is 3.90. The van der Waals surface area contributed by atoms with E-state index in [-0.39, 0.29) is 6.10 Å². The summed E-state index contributed by atoms with van der Waals surface area (Å²) in [6.07, 6.45) is 8.39. The van der Waals surface area contributed by atoms with Gasteiger partial charge in [-0.3, -0.25) is 4.57 Å². The number of aromatic nitrogens is 6. The fourth-order valence-corrected chi connectivity index (χ4v) is 5.71. The summed E-state index contributed by atoms with van der Waals surface area (Å²) >= 11 is 3.26. The van der Waals surface area contributed by atoms with Crippen molar-refractivity contribution in [1.29, 1.82) is 0 Å². The minimum absolute atomic E-state index is 0.249. The molecule has 2 aliphatic heterocycles. The summed E-state index contributed by atoms with van der Waals surface area (Å²) in [6, 6.07) is 1.81. The molecular formula is C21H27N7OS2. The maximum absolute atomic E-state index is 5.93. The highest BCUT2D eigenvalue weighted by Gasteiger charge is 2.26. The van der Waals surface area contributed by atoms with Gasteiger partial charge in [-0.25, -0.2) is 15.0 Å². The Hall–Kier alpha value is -2.04. The van der Waals surface area contributed by atoms with Gasteiger partial charge in [0.05, 0.1) is 18.3 Å². The van der Waals surface area contributed by atoms with E-state index in [1.54, 1.807) is 35.5 Å². The summed E-state index contributed by atoms with van der Waals surface area (Å²) in [5.41, 5.74) is 1.01. The highest BCUT2D eigenvalue weighted by molar-refractivity contribution is 7.98. The van der Waals surface area contributed by atoms with Gasteiger partial charge in [-0.15, -0.1) is 21.5 Å². The number of hydrogen-bond acceptors (Lipinski definition) is 9. The third-order valence-electron chi connectivity index (χ3n) is 5.83. The Morgan fingerprint density at radius 2 is 2.00 bits per heavy atom. The summed E-state index contributed by atoms with van der Waals surface area (Å²) < 4.78 is 8.20. The van der Waals surface area contributed by atoms with Gasteiger partial charge in [-0.1, -0.05) is 18.7 Å². The Kier molecular flexibility index (Phi) is 6.47. The van der Waals surface area contributed by atoms with Gasteiger partial charge in [0.25, 0.3) is 0 Å². The Bertz CT molecular complexity index is 979. The topological polar surface area (TPSA) is 81.9 Å². The molecule has 3 aromatic heterocycles. The van der Waals surface area contributed by atoms with Crippen LogP contribution in [0.2, 0.25) is 0 Å². The van der Waals surface area contributed by atoms with Crippen molar-refractivity contribution < 1.29 is 4.74 Å². The summed E-state index contributed by atoms with van der Waals surface area (Å²) in [5, 5.41) is 13.0. The molecule has 2 saturated heterocycles. The molecule has 10 heteroatoms. The molecule has 164 valence electrons. The van der Waals surface area contributed by atoms with Crippen molar-refractivity contribution >= 4 is 29.0 Å². The van der Waals surface area contributed by atoms with E-state index in [0.717, 1.165) is 72.6 Å². The highest BCUT2D eigenvalue weighted by Crippen LogP contribution is 2.30. The largest absolute Gasteiger partial charge is 0.376 e. The smallest absolute Gasteiger partial charge is 0.228 e. The summed E-state index contributed by atoms with van der Waals surface area (Å²) in [4.78, 5) is 15.7. The normalized spacial score (nSPS) is 19.9. The van der Waals surface area contributed by atoms with E-state index in [2.05, 4.69) is 41.9 Å². The van der Waals surface area contributed by atoms with Crippen molar-refractivity contribution in [3.63, 3.8) is 0 Å². The quantitative estimate of drug-likeness (QED) is 0.494. The zero-order valence-electron chi connectivity index (χ0n) is 17.7. The molecule has 2 aliphatic rings. The van der Waals surface area contributed by atoms with Gasteiger partial charge < -0.3 is 9.64 Å². The third kappa shape index (κ3) is 4.91. The van der Waals surface area contributed by atoms with Crippen molar-refractivity contribution in [2.75, 3.05) is 24.6 Å². The molecule has 0 N–H and O–H groups in total. The van der Waals surface area contributed by atoms with Crippen LogP contribution in [-0.2, 0) is 17.0 Å². The van der Waals surface area contributed by atoms with E-state index in [1.807, 2.05) is 6.07 Å². The average molecular weight is 458 g/mol. The molecule has 1 unspecified atom stereocenters. The van der Waals surface area contributed by atoms with Crippen molar-refractivity contribution in [2.24, 2.45) is 5.92 Å². The number of nitrogens with zero attached hydrogens (tertiary/aromatic N) is 7. The Morgan fingerprint density at radius 1 is 1.16 bits per heavy atom. The van der Waals surface area contributed by atoms with Gasteiger partial charge >= 0.3 is 0 Å². The van der Waals surface area contributed by atoms with E-state index < -0.39 is 0 Å². The second-order valence-electron chi connectivity index (χ2n) is 8.20. The molecule has 31 heavy (non-hydrogen) atoms. The minimum Gasteiger partial charge on any atom is -0.376 e. The van der Waals surface area contributed by atoms with Gasteiger partial charge in [0.1, 0.15) is 0 Å². The van der Waals surface area contributed by atoms with Crippen LogP contribution >= 0.6 is 23.1 Å². The molecule has 5 rings (SSSR count). The maximum Gasteiger partial charge on any atom is 0.228 e. The average Bonchev–Trinajstić information content (AvgIpc) is 3.56. The number of piperidine rings is 1. The fourth-order valence-electron chi connectivity index (χ4n) is 4.01. The van der Waals surface area contributed by atoms with Crippen LogP contribution in [-0.4, -0.2) is 55.5 Å². The van der Waals surface area contributed by atoms with Crippen LogP contribution in [0, 0.1) is 5.92 Å². The summed E-state index contributed by atoms with van der Waals surface area (Å²) in [7, 11) is 0.